The minimum Gasteiger partial charge on any atom is -0.497 e. The average molecular weight is 636 g/mol. The van der Waals surface area contributed by atoms with Crippen LogP contribution >= 0.6 is 27.3 Å². The maximum absolute atomic E-state index is 13.5. The van der Waals surface area contributed by atoms with Crippen LogP contribution in [0.15, 0.2) is 77.4 Å². The van der Waals surface area contributed by atoms with Crippen LogP contribution in [0.1, 0.15) is 20.7 Å². The number of aromatic nitrogens is 3. The number of anilines is 2. The number of amides is 2. The normalized spacial score (nSPS) is 13.4. The Morgan fingerprint density at radius 3 is 2.41 bits per heavy atom. The number of halogens is 2. The van der Waals surface area contributed by atoms with Gasteiger partial charge in [0.1, 0.15) is 11.6 Å². The Morgan fingerprint density at radius 1 is 1.00 bits per heavy atom. The quantitative estimate of drug-likeness (QED) is 0.262. The topological polar surface area (TPSA) is 92.1 Å². The summed E-state index contributed by atoms with van der Waals surface area (Å²) < 4.78 is 20.9. The molecule has 1 saturated heterocycles. The van der Waals surface area contributed by atoms with Crippen molar-refractivity contribution in [2.75, 3.05) is 43.5 Å². The summed E-state index contributed by atoms with van der Waals surface area (Å²) in [6.07, 6.45) is 1.83. The summed E-state index contributed by atoms with van der Waals surface area (Å²) in [5.74, 6) is -0.107. The number of methoxy groups -OCH3 is 1. The molecule has 0 saturated carbocycles. The van der Waals surface area contributed by atoms with E-state index in [1.54, 1.807) is 71.1 Å². The standard InChI is InChI=1S/C29H24BrFN6O3S/c1-40-22-9-4-19(5-10-22)26(38)32-24-16-20(30)6-11-23(24)27(39)35-12-14-36(15-13-35)29-34-37-17-25(33-28(37)41-29)18-2-7-21(31)8-3-18/h2-11,16-17H,12-15H2,1H3,(H,32,38). The van der Waals surface area contributed by atoms with Gasteiger partial charge in [-0.25, -0.2) is 13.9 Å². The van der Waals surface area contributed by atoms with Crippen molar-refractivity contribution >= 4 is 54.9 Å². The van der Waals surface area contributed by atoms with Gasteiger partial charge in [-0.05, 0) is 66.7 Å². The first-order valence-electron chi connectivity index (χ1n) is 12.8. The van der Waals surface area contributed by atoms with Crippen molar-refractivity contribution < 1.29 is 18.7 Å². The lowest BCUT2D eigenvalue weighted by atomic mass is 10.1. The number of piperazine rings is 1. The first-order chi connectivity index (χ1) is 19.9. The number of hydrogen-bond acceptors (Lipinski definition) is 7. The van der Waals surface area contributed by atoms with Crippen LogP contribution in [0.25, 0.3) is 16.2 Å². The third-order valence-electron chi connectivity index (χ3n) is 6.82. The van der Waals surface area contributed by atoms with E-state index in [0.717, 1.165) is 25.8 Å². The van der Waals surface area contributed by atoms with Crippen LogP contribution in [0.5, 0.6) is 5.75 Å². The van der Waals surface area contributed by atoms with E-state index in [0.29, 0.717) is 48.7 Å². The lowest BCUT2D eigenvalue weighted by Gasteiger charge is -2.34. The van der Waals surface area contributed by atoms with E-state index in [4.69, 9.17) is 4.74 Å². The first-order valence-corrected chi connectivity index (χ1v) is 14.4. The molecule has 0 bridgehead atoms. The van der Waals surface area contributed by atoms with Gasteiger partial charge in [0.15, 0.2) is 0 Å². The van der Waals surface area contributed by atoms with Gasteiger partial charge in [-0.3, -0.25) is 9.59 Å². The molecule has 0 unspecified atom stereocenters. The number of hydrogen-bond donors (Lipinski definition) is 1. The number of nitrogens with zero attached hydrogens (tertiary/aromatic N) is 5. The van der Waals surface area contributed by atoms with Crippen LogP contribution in [0, 0.1) is 5.82 Å². The van der Waals surface area contributed by atoms with Crippen LogP contribution in [-0.2, 0) is 0 Å². The molecule has 41 heavy (non-hydrogen) atoms. The van der Waals surface area contributed by atoms with Crippen molar-refractivity contribution in [3.8, 4) is 17.0 Å². The second-order valence-electron chi connectivity index (χ2n) is 9.40. The number of carbonyl (C=O) groups is 2. The number of benzene rings is 3. The van der Waals surface area contributed by atoms with Gasteiger partial charge in [0, 0.05) is 41.8 Å². The molecule has 0 radical (unpaired) electrons. The van der Waals surface area contributed by atoms with Gasteiger partial charge >= 0.3 is 0 Å². The van der Waals surface area contributed by atoms with Crippen LogP contribution in [0.3, 0.4) is 0 Å². The highest BCUT2D eigenvalue weighted by Crippen LogP contribution is 2.29. The van der Waals surface area contributed by atoms with Gasteiger partial charge in [-0.2, -0.15) is 0 Å². The van der Waals surface area contributed by atoms with Crippen LogP contribution < -0.4 is 15.0 Å². The zero-order chi connectivity index (χ0) is 28.5. The van der Waals surface area contributed by atoms with Gasteiger partial charge in [-0.1, -0.05) is 27.3 Å². The van der Waals surface area contributed by atoms with Gasteiger partial charge in [0.25, 0.3) is 11.8 Å². The van der Waals surface area contributed by atoms with E-state index in [1.807, 2.05) is 6.20 Å². The molecule has 0 spiro atoms. The largest absolute Gasteiger partial charge is 0.497 e. The molecule has 6 rings (SSSR count). The molecule has 1 fully saturated rings. The number of rotatable bonds is 6. The highest BCUT2D eigenvalue weighted by Gasteiger charge is 2.26. The number of carbonyl (C=O) groups excluding carboxylic acids is 2. The molecule has 208 valence electrons. The Hall–Kier alpha value is -4.29. The van der Waals surface area contributed by atoms with Crippen molar-refractivity contribution in [3.63, 3.8) is 0 Å². The van der Waals surface area contributed by atoms with Crippen molar-refractivity contribution in [2.45, 2.75) is 0 Å². The number of fused-ring (bicyclic) bond motifs is 1. The van der Waals surface area contributed by atoms with Crippen molar-refractivity contribution in [2.24, 2.45) is 0 Å². The summed E-state index contributed by atoms with van der Waals surface area (Å²) in [5, 5.41) is 8.39. The molecular formula is C29H24BrFN6O3S. The summed E-state index contributed by atoms with van der Waals surface area (Å²) in [7, 11) is 1.57. The van der Waals surface area contributed by atoms with Crippen molar-refractivity contribution in [3.05, 3.63) is 94.3 Å². The number of nitrogens with one attached hydrogen (secondary N) is 1. The minimum atomic E-state index is -0.319. The smallest absolute Gasteiger partial charge is 0.256 e. The molecule has 0 aliphatic carbocycles. The Kier molecular flexibility index (Phi) is 7.41. The Bertz CT molecular complexity index is 1700. The fourth-order valence-electron chi connectivity index (χ4n) is 4.59. The average Bonchev–Trinajstić information content (AvgIpc) is 3.57. The fourth-order valence-corrected chi connectivity index (χ4v) is 5.89. The van der Waals surface area contributed by atoms with Gasteiger partial charge in [0.2, 0.25) is 10.1 Å². The highest BCUT2D eigenvalue weighted by atomic mass is 79.9. The van der Waals surface area contributed by atoms with Crippen LogP contribution in [0.4, 0.5) is 15.2 Å². The summed E-state index contributed by atoms with van der Waals surface area (Å²) in [6, 6.07) is 18.2. The Balaban J connectivity index is 1.12. The Labute approximate surface area is 247 Å². The predicted molar refractivity (Wildman–Crippen MR) is 159 cm³/mol. The molecule has 1 aliphatic rings. The lowest BCUT2D eigenvalue weighted by molar-refractivity contribution is 0.0747. The zero-order valence-electron chi connectivity index (χ0n) is 21.9. The number of ether oxygens (including phenoxy) is 1. The summed E-state index contributed by atoms with van der Waals surface area (Å²) in [5.41, 5.74) is 2.87. The maximum Gasteiger partial charge on any atom is 0.256 e. The molecule has 1 N–H and O–H groups in total. The molecule has 5 aromatic rings. The van der Waals surface area contributed by atoms with Crippen LogP contribution in [0.2, 0.25) is 0 Å². The second-order valence-corrected chi connectivity index (χ2v) is 11.2. The molecule has 12 heteroatoms. The zero-order valence-corrected chi connectivity index (χ0v) is 24.3. The van der Waals surface area contributed by atoms with E-state index < -0.39 is 0 Å². The third-order valence-corrected chi connectivity index (χ3v) is 8.30. The van der Waals surface area contributed by atoms with E-state index >= 15 is 0 Å². The summed E-state index contributed by atoms with van der Waals surface area (Å²) in [4.78, 5) is 35.8. The van der Waals surface area contributed by atoms with Gasteiger partial charge < -0.3 is 19.9 Å². The fraction of sp³-hybridized carbons (Fsp3) is 0.172. The molecular weight excluding hydrogens is 611 g/mol. The Morgan fingerprint density at radius 2 is 1.73 bits per heavy atom. The van der Waals surface area contributed by atoms with Crippen molar-refractivity contribution in [1.82, 2.24) is 19.5 Å². The molecule has 2 aromatic heterocycles. The molecule has 3 aromatic carbocycles. The van der Waals surface area contributed by atoms with Gasteiger partial charge in [-0.15, -0.1) is 5.10 Å². The van der Waals surface area contributed by atoms with E-state index in [2.05, 4.69) is 36.2 Å². The van der Waals surface area contributed by atoms with E-state index in [9.17, 15) is 14.0 Å². The lowest BCUT2D eigenvalue weighted by Crippen LogP contribution is -2.49. The first kappa shape index (κ1) is 26.9. The van der Waals surface area contributed by atoms with Gasteiger partial charge in [0.05, 0.1) is 30.3 Å². The number of imidazole rings is 1. The molecule has 3 heterocycles. The van der Waals surface area contributed by atoms with E-state index in [1.165, 1.54) is 23.5 Å². The van der Waals surface area contributed by atoms with Crippen molar-refractivity contribution in [1.29, 1.82) is 0 Å². The predicted octanol–water partition coefficient (Wildman–Crippen LogP) is 5.58. The SMILES string of the molecule is COc1ccc(C(=O)Nc2cc(Br)ccc2C(=O)N2CCN(c3nn4cc(-c5ccc(F)cc5)nc4s3)CC2)cc1. The minimum absolute atomic E-state index is 0.153. The summed E-state index contributed by atoms with van der Waals surface area (Å²) in [6.45, 7) is 2.22. The summed E-state index contributed by atoms with van der Waals surface area (Å²) >= 11 is 4.91. The third kappa shape index (κ3) is 5.66. The molecule has 1 aliphatic heterocycles. The maximum atomic E-state index is 13.5. The van der Waals surface area contributed by atoms with E-state index in [-0.39, 0.29) is 17.6 Å². The molecule has 9 nitrogen and oxygen atoms in total. The monoisotopic (exact) mass is 634 g/mol. The molecule has 2 amide bonds. The second kappa shape index (κ2) is 11.3. The van der Waals surface area contributed by atoms with Crippen LogP contribution in [-0.4, -0.2) is 64.6 Å². The molecule has 0 atom stereocenters. The highest BCUT2D eigenvalue weighted by molar-refractivity contribution is 9.10.